The number of anilines is 1. The molecular weight excluding hydrogens is 335 g/mol. The number of benzene rings is 1. The Bertz CT molecular complexity index is 642. The average molecular weight is 362 g/mol. The first-order valence-corrected chi connectivity index (χ1v) is 9.76. The molecule has 0 spiro atoms. The molecule has 0 unspecified atom stereocenters. The van der Waals surface area contributed by atoms with Crippen LogP contribution >= 0.6 is 0 Å². The second-order valence-electron chi connectivity index (χ2n) is 7.62. The number of nitrogens with zero attached hydrogens (tertiary/aromatic N) is 2. The highest BCUT2D eigenvalue weighted by atomic mass is 19.1. The van der Waals surface area contributed by atoms with Crippen LogP contribution in [0.3, 0.4) is 0 Å². The molecule has 0 bridgehead atoms. The first kappa shape index (κ1) is 17.7. The fourth-order valence-corrected chi connectivity index (χ4v) is 3.73. The summed E-state index contributed by atoms with van der Waals surface area (Å²) in [6.07, 6.45) is 6.21. The zero-order valence-corrected chi connectivity index (χ0v) is 15.2. The predicted octanol–water partition coefficient (Wildman–Crippen LogP) is 2.83. The summed E-state index contributed by atoms with van der Waals surface area (Å²) >= 11 is 0. The summed E-state index contributed by atoms with van der Waals surface area (Å²) in [5.41, 5.74) is 0.676. The van der Waals surface area contributed by atoms with E-state index < -0.39 is 0 Å². The minimum atomic E-state index is -0.343. The van der Waals surface area contributed by atoms with Gasteiger partial charge in [-0.25, -0.2) is 4.39 Å². The van der Waals surface area contributed by atoms with Crippen molar-refractivity contribution in [2.45, 2.75) is 38.2 Å². The summed E-state index contributed by atoms with van der Waals surface area (Å²) in [7, 11) is 0. The van der Waals surface area contributed by atoms with E-state index in [1.807, 2.05) is 0 Å². The molecule has 4 rings (SSSR count). The summed E-state index contributed by atoms with van der Waals surface area (Å²) < 4.78 is 24.7. The van der Waals surface area contributed by atoms with Crippen LogP contribution in [0.25, 0.3) is 0 Å². The minimum Gasteiger partial charge on any atom is -0.481 e. The number of likely N-dealkylation sites (tertiary alicyclic amines) is 1. The van der Waals surface area contributed by atoms with Crippen molar-refractivity contribution in [1.82, 2.24) is 4.90 Å². The second-order valence-corrected chi connectivity index (χ2v) is 7.62. The van der Waals surface area contributed by atoms with Gasteiger partial charge in [-0.3, -0.25) is 4.79 Å². The Hall–Kier alpha value is -1.66. The molecule has 1 saturated carbocycles. The molecule has 0 atom stereocenters. The third-order valence-corrected chi connectivity index (χ3v) is 5.52. The van der Waals surface area contributed by atoms with Crippen LogP contribution in [0.2, 0.25) is 0 Å². The molecule has 0 aromatic heterocycles. The number of halogens is 1. The molecule has 0 radical (unpaired) electrons. The largest absolute Gasteiger partial charge is 0.481 e. The summed E-state index contributed by atoms with van der Waals surface area (Å²) in [5, 5.41) is 0. The van der Waals surface area contributed by atoms with Crippen LogP contribution in [-0.4, -0.2) is 56.3 Å². The lowest BCUT2D eigenvalue weighted by Gasteiger charge is -2.33. The molecular formula is C20H27FN2O3. The monoisotopic (exact) mass is 362 g/mol. The fourth-order valence-electron chi connectivity index (χ4n) is 3.73. The third kappa shape index (κ3) is 4.35. The van der Waals surface area contributed by atoms with E-state index in [-0.39, 0.29) is 18.3 Å². The standard InChI is InChI=1S/C20H27FN2O3/c21-16-4-5-18-19(12-16)26-14-20(24)23(18)9-1-8-22-10-6-17(7-11-22)25-13-15-2-3-15/h4-5,12,15,17H,1-3,6-11,13-14H2. The van der Waals surface area contributed by atoms with E-state index >= 15 is 0 Å². The van der Waals surface area contributed by atoms with Crippen LogP contribution in [0.5, 0.6) is 5.75 Å². The van der Waals surface area contributed by atoms with Gasteiger partial charge < -0.3 is 19.3 Å². The van der Waals surface area contributed by atoms with E-state index in [1.165, 1.54) is 25.0 Å². The summed E-state index contributed by atoms with van der Waals surface area (Å²) in [5.74, 6) is 0.884. The molecule has 0 N–H and O–H groups in total. The van der Waals surface area contributed by atoms with Crippen LogP contribution in [0.1, 0.15) is 32.1 Å². The maximum Gasteiger partial charge on any atom is 0.265 e. The number of piperidine rings is 1. The van der Waals surface area contributed by atoms with Gasteiger partial charge in [0.05, 0.1) is 11.8 Å². The SMILES string of the molecule is O=C1COc2cc(F)ccc2N1CCCN1CCC(OCC2CC2)CC1. The van der Waals surface area contributed by atoms with Crippen molar-refractivity contribution in [3.8, 4) is 5.75 Å². The van der Waals surface area contributed by atoms with Gasteiger partial charge >= 0.3 is 0 Å². The first-order chi connectivity index (χ1) is 12.7. The molecule has 1 aliphatic carbocycles. The lowest BCUT2D eigenvalue weighted by molar-refractivity contribution is -0.121. The van der Waals surface area contributed by atoms with Gasteiger partial charge in [-0.05, 0) is 56.7 Å². The third-order valence-electron chi connectivity index (χ3n) is 5.52. The molecule has 142 valence electrons. The highest BCUT2D eigenvalue weighted by Gasteiger charge is 2.27. The summed E-state index contributed by atoms with van der Waals surface area (Å²) in [6.45, 7) is 4.67. The molecule has 1 aromatic rings. The van der Waals surface area contributed by atoms with Gasteiger partial charge in [0.1, 0.15) is 11.6 Å². The molecule has 2 aliphatic heterocycles. The van der Waals surface area contributed by atoms with Gasteiger partial charge in [-0.1, -0.05) is 0 Å². The normalized spacial score (nSPS) is 21.6. The minimum absolute atomic E-state index is 0.0137. The summed E-state index contributed by atoms with van der Waals surface area (Å²) in [4.78, 5) is 16.4. The number of carbonyl (C=O) groups excluding carboxylic acids is 1. The molecule has 1 saturated heterocycles. The van der Waals surface area contributed by atoms with Crippen molar-refractivity contribution in [2.75, 3.05) is 44.3 Å². The van der Waals surface area contributed by atoms with Gasteiger partial charge in [0.15, 0.2) is 6.61 Å². The number of carbonyl (C=O) groups is 1. The predicted molar refractivity (Wildman–Crippen MR) is 97.0 cm³/mol. The highest BCUT2D eigenvalue weighted by molar-refractivity contribution is 5.97. The van der Waals surface area contributed by atoms with Gasteiger partial charge in [0, 0.05) is 32.3 Å². The van der Waals surface area contributed by atoms with Crippen LogP contribution < -0.4 is 9.64 Å². The smallest absolute Gasteiger partial charge is 0.265 e. The molecule has 3 aliphatic rings. The second kappa shape index (κ2) is 7.92. The van der Waals surface area contributed by atoms with Gasteiger partial charge in [-0.2, -0.15) is 0 Å². The lowest BCUT2D eigenvalue weighted by Crippen LogP contribution is -2.42. The molecule has 1 aromatic carbocycles. The van der Waals surface area contributed by atoms with Crippen molar-refractivity contribution in [3.05, 3.63) is 24.0 Å². The number of amides is 1. The van der Waals surface area contributed by atoms with E-state index in [1.54, 1.807) is 11.0 Å². The fraction of sp³-hybridized carbons (Fsp3) is 0.650. The Kier molecular flexibility index (Phi) is 5.41. The maximum absolute atomic E-state index is 13.3. The Morgan fingerprint density at radius 1 is 1.15 bits per heavy atom. The van der Waals surface area contributed by atoms with Crippen molar-refractivity contribution in [3.63, 3.8) is 0 Å². The van der Waals surface area contributed by atoms with Crippen LogP contribution in [0.15, 0.2) is 18.2 Å². The number of rotatable bonds is 7. The number of fused-ring (bicyclic) bond motifs is 1. The molecule has 26 heavy (non-hydrogen) atoms. The molecule has 2 heterocycles. The summed E-state index contributed by atoms with van der Waals surface area (Å²) in [6, 6.07) is 4.35. The number of hydrogen-bond donors (Lipinski definition) is 0. The quantitative estimate of drug-likeness (QED) is 0.748. The van der Waals surface area contributed by atoms with Crippen molar-refractivity contribution in [2.24, 2.45) is 5.92 Å². The topological polar surface area (TPSA) is 42.0 Å². The van der Waals surface area contributed by atoms with Crippen molar-refractivity contribution in [1.29, 1.82) is 0 Å². The van der Waals surface area contributed by atoms with Gasteiger partial charge in [-0.15, -0.1) is 0 Å². The van der Waals surface area contributed by atoms with Gasteiger partial charge in [0.2, 0.25) is 0 Å². The molecule has 1 amide bonds. The van der Waals surface area contributed by atoms with Crippen molar-refractivity contribution < 1.29 is 18.7 Å². The Balaban J connectivity index is 1.22. The Morgan fingerprint density at radius 3 is 2.73 bits per heavy atom. The van der Waals surface area contributed by atoms with E-state index in [2.05, 4.69) is 4.90 Å². The Labute approximate surface area is 154 Å². The number of hydrogen-bond acceptors (Lipinski definition) is 4. The molecule has 5 nitrogen and oxygen atoms in total. The highest BCUT2D eigenvalue weighted by Crippen LogP contribution is 2.33. The van der Waals surface area contributed by atoms with Crippen LogP contribution in [-0.2, 0) is 9.53 Å². The average Bonchev–Trinajstić information content (AvgIpc) is 3.47. The maximum atomic E-state index is 13.3. The van der Waals surface area contributed by atoms with Gasteiger partial charge in [0.25, 0.3) is 5.91 Å². The molecule has 6 heteroatoms. The van der Waals surface area contributed by atoms with E-state index in [0.29, 0.717) is 24.1 Å². The zero-order valence-electron chi connectivity index (χ0n) is 15.2. The van der Waals surface area contributed by atoms with E-state index in [4.69, 9.17) is 9.47 Å². The van der Waals surface area contributed by atoms with Crippen LogP contribution in [0.4, 0.5) is 10.1 Å². The van der Waals surface area contributed by atoms with Crippen molar-refractivity contribution >= 4 is 11.6 Å². The number of ether oxygens (including phenoxy) is 2. The van der Waals surface area contributed by atoms with E-state index in [0.717, 1.165) is 51.4 Å². The lowest BCUT2D eigenvalue weighted by atomic mass is 10.1. The van der Waals surface area contributed by atoms with E-state index in [9.17, 15) is 9.18 Å². The van der Waals surface area contributed by atoms with Crippen LogP contribution in [0, 0.1) is 11.7 Å². The first-order valence-electron chi connectivity index (χ1n) is 9.76. The molecule has 2 fully saturated rings. The zero-order chi connectivity index (χ0) is 17.9. The Morgan fingerprint density at radius 2 is 1.96 bits per heavy atom.